The Labute approximate surface area is 153 Å². The lowest BCUT2D eigenvalue weighted by Gasteiger charge is -2.29. The molecule has 0 radical (unpaired) electrons. The normalized spacial score (nSPS) is 12.1. The van der Waals surface area contributed by atoms with Crippen molar-refractivity contribution >= 4 is 0 Å². The lowest BCUT2D eigenvalue weighted by atomic mass is 9.78. The van der Waals surface area contributed by atoms with Crippen molar-refractivity contribution in [1.29, 1.82) is 0 Å². The molecule has 2 heteroatoms. The SMILES string of the molecule is CCOc1ccccc1C(C)(C)Cc1ccc(C(C)(C)C)c(OC)c1. The van der Waals surface area contributed by atoms with Crippen molar-refractivity contribution in [1.82, 2.24) is 0 Å². The fourth-order valence-corrected chi connectivity index (χ4v) is 3.38. The van der Waals surface area contributed by atoms with E-state index < -0.39 is 0 Å². The molecular weight excluding hydrogens is 308 g/mol. The van der Waals surface area contributed by atoms with Gasteiger partial charge in [-0.05, 0) is 47.4 Å². The van der Waals surface area contributed by atoms with Crippen LogP contribution in [0.15, 0.2) is 42.5 Å². The van der Waals surface area contributed by atoms with E-state index in [4.69, 9.17) is 9.47 Å². The second-order valence-electron chi connectivity index (χ2n) is 8.27. The maximum atomic E-state index is 5.85. The van der Waals surface area contributed by atoms with Gasteiger partial charge in [-0.15, -0.1) is 0 Å². The van der Waals surface area contributed by atoms with Gasteiger partial charge in [-0.2, -0.15) is 0 Å². The molecule has 2 aromatic carbocycles. The highest BCUT2D eigenvalue weighted by atomic mass is 16.5. The summed E-state index contributed by atoms with van der Waals surface area (Å²) in [6.07, 6.45) is 0.928. The van der Waals surface area contributed by atoms with E-state index in [0.29, 0.717) is 6.61 Å². The molecule has 0 N–H and O–H groups in total. The van der Waals surface area contributed by atoms with Gasteiger partial charge in [0.05, 0.1) is 13.7 Å². The Balaban J connectivity index is 2.35. The summed E-state index contributed by atoms with van der Waals surface area (Å²) in [5.41, 5.74) is 3.81. The average Bonchev–Trinajstić information content (AvgIpc) is 2.54. The molecule has 2 aromatic rings. The van der Waals surface area contributed by atoms with Crippen LogP contribution in [0.4, 0.5) is 0 Å². The molecule has 0 saturated heterocycles. The molecule has 0 aliphatic rings. The smallest absolute Gasteiger partial charge is 0.123 e. The number of methoxy groups -OCH3 is 1. The van der Waals surface area contributed by atoms with Gasteiger partial charge in [-0.1, -0.05) is 65.0 Å². The van der Waals surface area contributed by atoms with E-state index in [2.05, 4.69) is 71.0 Å². The van der Waals surface area contributed by atoms with Crippen molar-refractivity contribution in [2.24, 2.45) is 0 Å². The minimum absolute atomic E-state index is 0.0278. The molecule has 2 rings (SSSR count). The lowest BCUT2D eigenvalue weighted by Crippen LogP contribution is -2.22. The summed E-state index contributed by atoms with van der Waals surface area (Å²) in [6, 6.07) is 15.0. The Morgan fingerprint density at radius 2 is 1.52 bits per heavy atom. The quantitative estimate of drug-likeness (QED) is 0.650. The molecule has 136 valence electrons. The molecule has 0 spiro atoms. The third-order valence-corrected chi connectivity index (χ3v) is 4.64. The molecule has 0 atom stereocenters. The zero-order valence-corrected chi connectivity index (χ0v) is 16.8. The first-order valence-corrected chi connectivity index (χ1v) is 9.08. The van der Waals surface area contributed by atoms with Gasteiger partial charge >= 0.3 is 0 Å². The van der Waals surface area contributed by atoms with Gasteiger partial charge in [0.2, 0.25) is 0 Å². The summed E-state index contributed by atoms with van der Waals surface area (Å²) in [5, 5.41) is 0. The Hall–Kier alpha value is -1.96. The molecule has 0 amide bonds. The van der Waals surface area contributed by atoms with Gasteiger partial charge in [0.25, 0.3) is 0 Å². The van der Waals surface area contributed by atoms with Crippen molar-refractivity contribution in [2.75, 3.05) is 13.7 Å². The molecule has 0 aliphatic heterocycles. The average molecular weight is 341 g/mol. The lowest BCUT2D eigenvalue weighted by molar-refractivity contribution is 0.327. The van der Waals surface area contributed by atoms with E-state index in [1.807, 2.05) is 13.0 Å². The van der Waals surface area contributed by atoms with Gasteiger partial charge in [0.1, 0.15) is 11.5 Å². The maximum absolute atomic E-state index is 5.85. The predicted octanol–water partition coefficient (Wildman–Crippen LogP) is 5.91. The Morgan fingerprint density at radius 1 is 0.840 bits per heavy atom. The summed E-state index contributed by atoms with van der Waals surface area (Å²) in [7, 11) is 1.75. The summed E-state index contributed by atoms with van der Waals surface area (Å²) < 4.78 is 11.5. The monoisotopic (exact) mass is 340 g/mol. The fraction of sp³-hybridized carbons (Fsp3) is 0.478. The van der Waals surface area contributed by atoms with Crippen molar-refractivity contribution in [3.8, 4) is 11.5 Å². The van der Waals surface area contributed by atoms with E-state index in [1.165, 1.54) is 16.7 Å². The van der Waals surface area contributed by atoms with Crippen LogP contribution in [0.1, 0.15) is 58.2 Å². The molecule has 0 fully saturated rings. The Kier molecular flexibility index (Phi) is 5.82. The van der Waals surface area contributed by atoms with Crippen LogP contribution in [0, 0.1) is 0 Å². The van der Waals surface area contributed by atoms with Crippen LogP contribution >= 0.6 is 0 Å². The zero-order valence-electron chi connectivity index (χ0n) is 16.8. The summed E-state index contributed by atoms with van der Waals surface area (Å²) in [5.74, 6) is 1.95. The topological polar surface area (TPSA) is 18.5 Å². The summed E-state index contributed by atoms with van der Waals surface area (Å²) >= 11 is 0. The van der Waals surface area contributed by atoms with Crippen molar-refractivity contribution in [2.45, 2.75) is 58.8 Å². The molecule has 0 unspecified atom stereocenters. The second-order valence-corrected chi connectivity index (χ2v) is 8.27. The number of hydrogen-bond acceptors (Lipinski definition) is 2. The van der Waals surface area contributed by atoms with E-state index in [-0.39, 0.29) is 10.8 Å². The number of para-hydroxylation sites is 1. The third kappa shape index (κ3) is 4.56. The highest BCUT2D eigenvalue weighted by Gasteiger charge is 2.26. The number of hydrogen-bond donors (Lipinski definition) is 0. The Morgan fingerprint density at radius 3 is 2.12 bits per heavy atom. The fourth-order valence-electron chi connectivity index (χ4n) is 3.38. The molecule has 0 bridgehead atoms. The first-order valence-electron chi connectivity index (χ1n) is 9.08. The van der Waals surface area contributed by atoms with Crippen LogP contribution < -0.4 is 9.47 Å². The Bertz CT molecular complexity index is 708. The standard InChI is InChI=1S/C23H32O2/c1-8-25-20-12-10-9-11-19(20)23(5,6)16-17-13-14-18(22(2,3)4)21(15-17)24-7/h9-15H,8,16H2,1-7H3. The largest absolute Gasteiger partial charge is 0.496 e. The minimum Gasteiger partial charge on any atom is -0.496 e. The maximum Gasteiger partial charge on any atom is 0.123 e. The molecule has 25 heavy (non-hydrogen) atoms. The summed E-state index contributed by atoms with van der Waals surface area (Å²) in [6.45, 7) is 13.9. The van der Waals surface area contributed by atoms with Gasteiger partial charge in [-0.25, -0.2) is 0 Å². The highest BCUT2D eigenvalue weighted by molar-refractivity contribution is 5.44. The number of ether oxygens (including phenoxy) is 2. The van der Waals surface area contributed by atoms with Crippen LogP contribution in [0.2, 0.25) is 0 Å². The first-order chi connectivity index (χ1) is 11.7. The predicted molar refractivity (Wildman–Crippen MR) is 106 cm³/mol. The molecular formula is C23H32O2. The van der Waals surface area contributed by atoms with Gasteiger partial charge in [0.15, 0.2) is 0 Å². The third-order valence-electron chi connectivity index (χ3n) is 4.64. The summed E-state index contributed by atoms with van der Waals surface area (Å²) in [4.78, 5) is 0. The van der Waals surface area contributed by atoms with Crippen molar-refractivity contribution in [3.63, 3.8) is 0 Å². The van der Waals surface area contributed by atoms with Gasteiger partial charge < -0.3 is 9.47 Å². The number of rotatable bonds is 6. The molecule has 0 aliphatic carbocycles. The second kappa shape index (κ2) is 7.51. The molecule has 0 aromatic heterocycles. The first kappa shape index (κ1) is 19.4. The van der Waals surface area contributed by atoms with E-state index in [1.54, 1.807) is 7.11 Å². The number of benzene rings is 2. The van der Waals surface area contributed by atoms with Crippen LogP contribution in [0.25, 0.3) is 0 Å². The van der Waals surface area contributed by atoms with E-state index in [9.17, 15) is 0 Å². The van der Waals surface area contributed by atoms with Gasteiger partial charge in [-0.3, -0.25) is 0 Å². The molecule has 0 heterocycles. The molecule has 2 nitrogen and oxygen atoms in total. The minimum atomic E-state index is -0.0278. The van der Waals surface area contributed by atoms with E-state index in [0.717, 1.165) is 17.9 Å². The highest BCUT2D eigenvalue weighted by Crippen LogP contribution is 2.37. The van der Waals surface area contributed by atoms with Gasteiger partial charge in [0, 0.05) is 5.56 Å². The molecule has 0 saturated carbocycles. The van der Waals surface area contributed by atoms with Crippen molar-refractivity contribution in [3.05, 3.63) is 59.2 Å². The van der Waals surface area contributed by atoms with Crippen LogP contribution in [-0.4, -0.2) is 13.7 Å². The van der Waals surface area contributed by atoms with Crippen LogP contribution in [0.5, 0.6) is 11.5 Å². The van der Waals surface area contributed by atoms with Crippen LogP contribution in [-0.2, 0) is 17.3 Å². The van der Waals surface area contributed by atoms with E-state index >= 15 is 0 Å². The zero-order chi connectivity index (χ0) is 18.7. The van der Waals surface area contributed by atoms with Crippen molar-refractivity contribution < 1.29 is 9.47 Å². The van der Waals surface area contributed by atoms with Crippen LogP contribution in [0.3, 0.4) is 0 Å².